The van der Waals surface area contributed by atoms with Crippen LogP contribution in [0.3, 0.4) is 0 Å². The molecule has 2 aromatic rings. The molecule has 0 atom stereocenters. The summed E-state index contributed by atoms with van der Waals surface area (Å²) in [4.78, 5) is -0.0867. The second-order valence-corrected chi connectivity index (χ2v) is 10.2. The lowest BCUT2D eigenvalue weighted by Crippen LogP contribution is -2.37. The number of piperidine rings is 1. The highest BCUT2D eigenvalue weighted by Crippen LogP contribution is 2.32. The summed E-state index contributed by atoms with van der Waals surface area (Å²) in [6.07, 6.45) is 6.15. The second kappa shape index (κ2) is 6.26. The fraction of sp³-hybridized carbons (Fsp3) is 0.533. The Hall–Kier alpha value is -1.65. The number of aromatic nitrogens is 2. The van der Waals surface area contributed by atoms with Crippen molar-refractivity contribution < 1.29 is 21.3 Å². The first-order valence-corrected chi connectivity index (χ1v) is 11.2. The minimum absolute atomic E-state index is 0.0867. The zero-order valence-electron chi connectivity index (χ0n) is 14.3. The van der Waals surface area contributed by atoms with Crippen molar-refractivity contribution in [3.63, 3.8) is 0 Å². The number of sulfonamides is 1. The van der Waals surface area contributed by atoms with Gasteiger partial charge in [0.05, 0.1) is 6.20 Å². The molecular weight excluding hydrogens is 366 g/mol. The van der Waals surface area contributed by atoms with Crippen molar-refractivity contribution in [1.29, 1.82) is 0 Å². The molecule has 0 aliphatic carbocycles. The Bertz CT molecular complexity index is 980. The summed E-state index contributed by atoms with van der Waals surface area (Å²) in [5.74, 6) is 0.358. The summed E-state index contributed by atoms with van der Waals surface area (Å²) in [6.45, 7) is 2.16. The smallest absolute Gasteiger partial charge is 0.276 e. The molecule has 1 aliphatic heterocycles. The van der Waals surface area contributed by atoms with Crippen molar-refractivity contribution in [3.05, 3.63) is 29.8 Å². The van der Waals surface area contributed by atoms with E-state index < -0.39 is 19.9 Å². The topological polar surface area (TPSA) is 102 Å². The molecule has 0 spiro atoms. The SMILES string of the molecule is Cc1oc(S(=O)(=O)N2CCC(c3cnn(C)c3)CC2)cc1S(C)(=O)=O. The van der Waals surface area contributed by atoms with E-state index in [1.54, 1.807) is 4.68 Å². The summed E-state index contributed by atoms with van der Waals surface area (Å²) in [5.41, 5.74) is 1.10. The van der Waals surface area contributed by atoms with Gasteiger partial charge in [-0.15, -0.1) is 0 Å². The van der Waals surface area contributed by atoms with E-state index in [1.807, 2.05) is 19.4 Å². The Kier molecular flexibility index (Phi) is 4.54. The fourth-order valence-corrected chi connectivity index (χ4v) is 5.54. The van der Waals surface area contributed by atoms with Crippen molar-refractivity contribution >= 4 is 19.9 Å². The number of hydrogen-bond acceptors (Lipinski definition) is 6. The summed E-state index contributed by atoms with van der Waals surface area (Å²) in [6, 6.07) is 1.10. The number of nitrogens with zero attached hydrogens (tertiary/aromatic N) is 3. The molecule has 25 heavy (non-hydrogen) atoms. The molecule has 0 bridgehead atoms. The van der Waals surface area contributed by atoms with Crippen molar-refractivity contribution in [1.82, 2.24) is 14.1 Å². The van der Waals surface area contributed by atoms with Gasteiger partial charge >= 0.3 is 0 Å². The fourth-order valence-electron chi connectivity index (χ4n) is 3.14. The maximum Gasteiger partial charge on any atom is 0.276 e. The number of hydrogen-bond donors (Lipinski definition) is 0. The largest absolute Gasteiger partial charge is 0.447 e. The van der Waals surface area contributed by atoms with Gasteiger partial charge in [0.2, 0.25) is 5.09 Å². The van der Waals surface area contributed by atoms with Crippen LogP contribution in [0.2, 0.25) is 0 Å². The van der Waals surface area contributed by atoms with Crippen molar-refractivity contribution in [2.24, 2.45) is 7.05 Å². The highest BCUT2D eigenvalue weighted by Gasteiger charge is 2.34. The molecule has 2 aromatic heterocycles. The molecule has 1 aliphatic rings. The van der Waals surface area contributed by atoms with E-state index in [4.69, 9.17) is 4.42 Å². The van der Waals surface area contributed by atoms with Gasteiger partial charge < -0.3 is 4.42 Å². The first-order chi connectivity index (χ1) is 11.6. The third-order valence-corrected chi connectivity index (χ3v) is 7.45. The lowest BCUT2D eigenvalue weighted by atomic mass is 9.93. The third-order valence-electron chi connectivity index (χ3n) is 4.49. The van der Waals surface area contributed by atoms with E-state index in [0.717, 1.165) is 17.9 Å². The van der Waals surface area contributed by atoms with Gasteiger partial charge in [0.25, 0.3) is 10.0 Å². The molecule has 0 N–H and O–H groups in total. The predicted molar refractivity (Wildman–Crippen MR) is 90.5 cm³/mol. The van der Waals surface area contributed by atoms with Gasteiger partial charge in [0.1, 0.15) is 10.7 Å². The van der Waals surface area contributed by atoms with E-state index in [0.29, 0.717) is 25.9 Å². The Morgan fingerprint density at radius 3 is 2.32 bits per heavy atom. The van der Waals surface area contributed by atoms with Crippen LogP contribution in [-0.4, -0.2) is 50.3 Å². The highest BCUT2D eigenvalue weighted by atomic mass is 32.2. The zero-order chi connectivity index (χ0) is 18.4. The maximum atomic E-state index is 12.7. The molecule has 10 heteroatoms. The van der Waals surface area contributed by atoms with Gasteiger partial charge in [0, 0.05) is 38.7 Å². The Labute approximate surface area is 147 Å². The van der Waals surface area contributed by atoms with E-state index in [2.05, 4.69) is 5.10 Å². The number of sulfone groups is 1. The van der Waals surface area contributed by atoms with Crippen LogP contribution in [0.15, 0.2) is 32.9 Å². The highest BCUT2D eigenvalue weighted by molar-refractivity contribution is 7.91. The predicted octanol–water partition coefficient (Wildman–Crippen LogP) is 1.29. The van der Waals surface area contributed by atoms with Crippen LogP contribution in [0.1, 0.15) is 30.1 Å². The third kappa shape index (κ3) is 3.51. The van der Waals surface area contributed by atoms with Crippen LogP contribution in [0, 0.1) is 6.92 Å². The normalized spacial score (nSPS) is 17.9. The number of aryl methyl sites for hydroxylation is 2. The molecular formula is C15H21N3O5S2. The second-order valence-electron chi connectivity index (χ2n) is 6.38. The minimum atomic E-state index is -3.84. The number of furan rings is 1. The molecule has 8 nitrogen and oxygen atoms in total. The molecule has 1 fully saturated rings. The van der Waals surface area contributed by atoms with Gasteiger partial charge in [-0.25, -0.2) is 16.8 Å². The quantitative estimate of drug-likeness (QED) is 0.783. The Morgan fingerprint density at radius 2 is 1.84 bits per heavy atom. The van der Waals surface area contributed by atoms with Gasteiger partial charge in [0.15, 0.2) is 9.84 Å². The summed E-state index contributed by atoms with van der Waals surface area (Å²) < 4.78 is 57.2. The van der Waals surface area contributed by atoms with E-state index in [-0.39, 0.29) is 21.7 Å². The lowest BCUT2D eigenvalue weighted by Gasteiger charge is -2.30. The molecule has 1 saturated heterocycles. The van der Waals surface area contributed by atoms with Crippen molar-refractivity contribution in [2.75, 3.05) is 19.3 Å². The van der Waals surface area contributed by atoms with Crippen LogP contribution in [0.5, 0.6) is 0 Å². The van der Waals surface area contributed by atoms with Crippen LogP contribution < -0.4 is 0 Å². The zero-order valence-corrected chi connectivity index (χ0v) is 16.0. The first-order valence-electron chi connectivity index (χ1n) is 7.88. The molecule has 0 saturated carbocycles. The standard InChI is InChI=1S/C15H21N3O5S2/c1-11-14(24(3,19)20)8-15(23-11)25(21,22)18-6-4-12(5-7-18)13-9-16-17(2)10-13/h8-10,12H,4-7H2,1-3H3. The molecule has 0 aromatic carbocycles. The average molecular weight is 387 g/mol. The Balaban J connectivity index is 1.78. The number of rotatable bonds is 4. The molecule has 0 unspecified atom stereocenters. The molecule has 3 heterocycles. The van der Waals surface area contributed by atoms with E-state index in [1.165, 1.54) is 11.2 Å². The molecule has 3 rings (SSSR count). The van der Waals surface area contributed by atoms with Crippen molar-refractivity contribution in [2.45, 2.75) is 35.7 Å². The van der Waals surface area contributed by atoms with Gasteiger partial charge in [-0.1, -0.05) is 0 Å². The average Bonchev–Trinajstić information content (AvgIpc) is 3.13. The summed E-state index contributed by atoms with van der Waals surface area (Å²) in [5, 5.41) is 3.84. The Morgan fingerprint density at radius 1 is 1.20 bits per heavy atom. The van der Waals surface area contributed by atoms with E-state index in [9.17, 15) is 16.8 Å². The first kappa shape index (κ1) is 18.2. The minimum Gasteiger partial charge on any atom is -0.447 e. The lowest BCUT2D eigenvalue weighted by molar-refractivity contribution is 0.307. The van der Waals surface area contributed by atoms with Crippen LogP contribution in [0.25, 0.3) is 0 Å². The van der Waals surface area contributed by atoms with Crippen molar-refractivity contribution in [3.8, 4) is 0 Å². The van der Waals surface area contributed by atoms with Crippen LogP contribution in [0.4, 0.5) is 0 Å². The molecule has 0 radical (unpaired) electrons. The maximum absolute atomic E-state index is 12.7. The summed E-state index contributed by atoms with van der Waals surface area (Å²) in [7, 11) is -5.53. The van der Waals surface area contributed by atoms with Gasteiger partial charge in [-0.05, 0) is 31.2 Å². The van der Waals surface area contributed by atoms with Crippen LogP contribution in [-0.2, 0) is 26.9 Å². The molecule has 0 amide bonds. The monoisotopic (exact) mass is 387 g/mol. The van der Waals surface area contributed by atoms with E-state index >= 15 is 0 Å². The molecule has 138 valence electrons. The van der Waals surface area contributed by atoms with Gasteiger partial charge in [-0.3, -0.25) is 4.68 Å². The summed E-state index contributed by atoms with van der Waals surface area (Å²) >= 11 is 0. The van der Waals surface area contributed by atoms with Gasteiger partial charge in [-0.2, -0.15) is 9.40 Å². The van der Waals surface area contributed by atoms with Crippen LogP contribution >= 0.6 is 0 Å².